The summed E-state index contributed by atoms with van der Waals surface area (Å²) in [5.74, 6) is 0. The molecule has 0 fully saturated rings. The van der Waals surface area contributed by atoms with Crippen LogP contribution in [0.3, 0.4) is 0 Å². The van der Waals surface area contributed by atoms with E-state index in [1.165, 1.54) is 0 Å². The van der Waals surface area contributed by atoms with Gasteiger partial charge >= 0.3 is 0 Å². The Labute approximate surface area is 156 Å². The van der Waals surface area contributed by atoms with Gasteiger partial charge in [0, 0.05) is 40.8 Å². The molecule has 0 atom stereocenters. The Morgan fingerprint density at radius 1 is 0.182 bits per heavy atom. The van der Waals surface area contributed by atoms with E-state index >= 15 is 0 Å². The molecule has 0 heterocycles. The Hall–Kier alpha value is -1.98. The van der Waals surface area contributed by atoms with Gasteiger partial charge in [-0.2, -0.15) is 0 Å². The van der Waals surface area contributed by atoms with Gasteiger partial charge in [-0.3, -0.25) is 67.9 Å². The fraction of sp³-hybridized carbons (Fsp3) is 0. The summed E-state index contributed by atoms with van der Waals surface area (Å²) in [6, 6.07) is 0. The van der Waals surface area contributed by atoms with Crippen molar-refractivity contribution in [3.8, 4) is 0 Å². The molecular formula is C10H10O10Re2-10. The molecule has 0 aromatic heterocycles. The van der Waals surface area contributed by atoms with Gasteiger partial charge in [0.05, 0.1) is 0 Å². The topological polar surface area (TPSA) is 171 Å². The van der Waals surface area contributed by atoms with E-state index in [4.69, 9.17) is 47.9 Å². The summed E-state index contributed by atoms with van der Waals surface area (Å²) in [5, 5.41) is 0. The Kier molecular flexibility index (Phi) is 8100. The summed E-state index contributed by atoms with van der Waals surface area (Å²) in [7, 11) is 0. The van der Waals surface area contributed by atoms with Gasteiger partial charge in [0.1, 0.15) is 0 Å². The minimum Gasteiger partial charge on any atom is -0.545 e. The van der Waals surface area contributed by atoms with Gasteiger partial charge in [-0.1, -0.05) is 0 Å². The third kappa shape index (κ3) is 1340. The summed E-state index contributed by atoms with van der Waals surface area (Å²) < 4.78 is 0. The van der Waals surface area contributed by atoms with Crippen LogP contribution in [0.2, 0.25) is 0 Å². The minimum atomic E-state index is 0. The summed E-state index contributed by atoms with van der Waals surface area (Å²) in [6.45, 7) is 32.5. The normalized spacial score (nSPS) is 1.82. The molecule has 0 aromatic rings. The van der Waals surface area contributed by atoms with Gasteiger partial charge in [0.2, 0.25) is 0 Å². The second-order valence-electron chi connectivity index (χ2n) is 0. The average molecular weight is 663 g/mol. The zero-order valence-electron chi connectivity index (χ0n) is 10.6. The van der Waals surface area contributed by atoms with Crippen LogP contribution in [-0.4, -0.2) is 67.9 Å². The van der Waals surface area contributed by atoms with Crippen molar-refractivity contribution < 1.29 is 88.8 Å². The molecule has 134 valence electrons. The van der Waals surface area contributed by atoms with Crippen LogP contribution < -0.4 is 0 Å². The van der Waals surface area contributed by atoms with E-state index in [0.717, 1.165) is 0 Å². The Bertz CT molecular complexity index is 62.9. The van der Waals surface area contributed by atoms with E-state index in [1.807, 2.05) is 0 Å². The summed E-state index contributed by atoms with van der Waals surface area (Å²) in [6.07, 6.45) is 0. The van der Waals surface area contributed by atoms with Crippen LogP contribution in [0.25, 0.3) is 0 Å². The summed E-state index contributed by atoms with van der Waals surface area (Å²) >= 11 is 0. The fourth-order valence-electron chi connectivity index (χ4n) is 0. The Morgan fingerprint density at radius 3 is 0.182 bits per heavy atom. The van der Waals surface area contributed by atoms with Gasteiger partial charge in [-0.15, -0.1) is 0 Å². The predicted molar refractivity (Wildman–Crippen MR) is 67.5 cm³/mol. The summed E-state index contributed by atoms with van der Waals surface area (Å²) in [5.41, 5.74) is 0. The third-order valence-corrected chi connectivity index (χ3v) is 0. The Balaban J connectivity index is -0.00000000500. The molecule has 0 saturated heterocycles. The molecule has 0 aliphatic heterocycles. The maximum Gasteiger partial charge on any atom is 0 e. The van der Waals surface area contributed by atoms with Crippen LogP contribution in [0.4, 0.5) is 0 Å². The molecule has 0 aliphatic rings. The predicted octanol–water partition coefficient (Wildman–Crippen LogP) is -2.75. The number of hydrogen-bond donors (Lipinski definition) is 0. The molecule has 0 spiro atoms. The fourth-order valence-corrected chi connectivity index (χ4v) is 0. The van der Waals surface area contributed by atoms with Crippen LogP contribution in [0, 0.1) is 0 Å². The zero-order valence-corrected chi connectivity index (χ0v) is 16.0. The van der Waals surface area contributed by atoms with Crippen molar-refractivity contribution in [1.29, 1.82) is 0 Å². The smallest absolute Gasteiger partial charge is 0 e. The van der Waals surface area contributed by atoms with Crippen LogP contribution in [0.15, 0.2) is 0 Å². The first-order valence-corrected chi connectivity index (χ1v) is 2.36. The van der Waals surface area contributed by atoms with Crippen molar-refractivity contribution in [1.82, 2.24) is 0 Å². The first-order valence-electron chi connectivity index (χ1n) is 2.36. The van der Waals surface area contributed by atoms with Crippen LogP contribution in [-0.2, 0) is 88.8 Å². The van der Waals surface area contributed by atoms with Gasteiger partial charge < -0.3 is 47.9 Å². The molecule has 0 saturated carbocycles. The zero-order chi connectivity index (χ0) is 20.0. The quantitative estimate of drug-likeness (QED) is 0.196. The first-order chi connectivity index (χ1) is 10.0. The molecule has 10 nitrogen and oxygen atoms in total. The van der Waals surface area contributed by atoms with Crippen LogP contribution in [0.5, 0.6) is 0 Å². The molecule has 22 heavy (non-hydrogen) atoms. The molecule has 0 N–H and O–H groups in total. The molecule has 12 heteroatoms. The van der Waals surface area contributed by atoms with Crippen molar-refractivity contribution in [3.63, 3.8) is 0 Å². The molecule has 0 amide bonds. The SMILES string of the molecule is [CH-]=O.[CH-]=O.[CH-]=O.[CH-]=O.[CH-]=O.[CH-]=O.[CH-]=O.[CH-]=O.[CH-]=O.[CH-]=O.[Re].[Re]. The van der Waals surface area contributed by atoms with Gasteiger partial charge in [-0.25, -0.2) is 0 Å². The van der Waals surface area contributed by atoms with E-state index in [1.54, 1.807) is 0 Å². The largest absolute Gasteiger partial charge is 0.545 e. The Morgan fingerprint density at radius 2 is 0.182 bits per heavy atom. The molecule has 0 unspecified atom stereocenters. The molecule has 0 bridgehead atoms. The molecule has 0 rings (SSSR count). The molecule has 0 aromatic carbocycles. The van der Waals surface area contributed by atoms with Crippen molar-refractivity contribution in [2.45, 2.75) is 0 Å². The van der Waals surface area contributed by atoms with Crippen molar-refractivity contribution in [3.05, 3.63) is 0 Å². The van der Waals surface area contributed by atoms with E-state index in [2.05, 4.69) is 67.9 Å². The third-order valence-electron chi connectivity index (χ3n) is 0. The first kappa shape index (κ1) is 113. The molecular weight excluding hydrogens is 653 g/mol. The van der Waals surface area contributed by atoms with Crippen LogP contribution in [0.1, 0.15) is 0 Å². The van der Waals surface area contributed by atoms with E-state index in [-0.39, 0.29) is 40.8 Å². The maximum atomic E-state index is 7.75. The van der Waals surface area contributed by atoms with E-state index in [0.29, 0.717) is 0 Å². The van der Waals surface area contributed by atoms with Crippen LogP contribution >= 0.6 is 0 Å². The van der Waals surface area contributed by atoms with Crippen molar-refractivity contribution in [2.24, 2.45) is 0 Å². The second-order valence-corrected chi connectivity index (χ2v) is 0. The van der Waals surface area contributed by atoms with Gasteiger partial charge in [0.25, 0.3) is 0 Å². The number of carbonyl (C=O) groups excluding carboxylic acids is 10. The minimum absolute atomic E-state index is 0. The van der Waals surface area contributed by atoms with Crippen molar-refractivity contribution >= 4 is 67.9 Å². The number of hydrogen-bond acceptors (Lipinski definition) is 10. The number of rotatable bonds is 0. The van der Waals surface area contributed by atoms with Gasteiger partial charge in [0.15, 0.2) is 0 Å². The average Bonchev–Trinajstić information content (AvgIpc) is 2.71. The maximum absolute atomic E-state index is 7.75. The van der Waals surface area contributed by atoms with Crippen molar-refractivity contribution in [2.75, 3.05) is 0 Å². The monoisotopic (exact) mass is 664 g/mol. The standard InChI is InChI=1S/10CHO.2Re/c10*1-2;;/h10*1H;;/q10*-1;;. The summed E-state index contributed by atoms with van der Waals surface area (Å²) in [4.78, 5) is 77.5. The second kappa shape index (κ2) is 1580. The van der Waals surface area contributed by atoms with E-state index in [9.17, 15) is 0 Å². The molecule has 2 radical (unpaired) electrons. The molecule has 0 aliphatic carbocycles. The van der Waals surface area contributed by atoms with Gasteiger partial charge in [-0.05, 0) is 0 Å². The van der Waals surface area contributed by atoms with E-state index < -0.39 is 0 Å².